The summed E-state index contributed by atoms with van der Waals surface area (Å²) in [7, 11) is 0. The minimum Gasteiger partial charge on any atom is -0.465 e. The largest absolute Gasteiger partial charge is 0.465 e. The van der Waals surface area contributed by atoms with E-state index in [1.54, 1.807) is 0 Å². The lowest BCUT2D eigenvalue weighted by molar-refractivity contribution is -0.146. The zero-order valence-corrected chi connectivity index (χ0v) is 14.2. The van der Waals surface area contributed by atoms with Crippen molar-refractivity contribution in [2.75, 3.05) is 6.61 Å². The Balaban J connectivity index is 0.00000169. The maximum Gasteiger partial charge on any atom is 0.196 e. The zero-order chi connectivity index (χ0) is 15.9. The third kappa shape index (κ3) is 3.54. The Kier molecular flexibility index (Phi) is 5.05. The number of hydrogen-bond donors (Lipinski definition) is 0. The Morgan fingerprint density at radius 2 is 1.62 bits per heavy atom. The van der Waals surface area contributed by atoms with E-state index in [9.17, 15) is 0 Å². The van der Waals surface area contributed by atoms with E-state index < -0.39 is 0 Å². The van der Waals surface area contributed by atoms with Crippen molar-refractivity contribution in [3.8, 4) is 5.75 Å². The normalized spacial score (nSPS) is 34.5. The van der Waals surface area contributed by atoms with E-state index in [1.807, 2.05) is 37.3 Å². The van der Waals surface area contributed by atoms with Gasteiger partial charge in [0, 0.05) is 0 Å². The van der Waals surface area contributed by atoms with Crippen molar-refractivity contribution in [2.45, 2.75) is 59.2 Å². The van der Waals surface area contributed by atoms with E-state index in [0.29, 0.717) is 5.41 Å². The molecule has 5 rings (SSSR count). The van der Waals surface area contributed by atoms with E-state index in [0.717, 1.165) is 35.7 Å². The topological polar surface area (TPSA) is 18.5 Å². The first kappa shape index (κ1) is 17.5. The van der Waals surface area contributed by atoms with Gasteiger partial charge >= 0.3 is 0 Å². The summed E-state index contributed by atoms with van der Waals surface area (Å²) in [5, 5.41) is 0. The molecule has 24 heavy (non-hydrogen) atoms. The quantitative estimate of drug-likeness (QED) is 0.603. The maximum atomic E-state index is 6.14. The highest BCUT2D eigenvalue weighted by molar-refractivity contribution is 5.48. The molecular formula is C22H32O2. The highest BCUT2D eigenvalue weighted by Crippen LogP contribution is 2.60. The van der Waals surface area contributed by atoms with Crippen molar-refractivity contribution < 1.29 is 9.47 Å². The van der Waals surface area contributed by atoms with Crippen molar-refractivity contribution in [3.05, 3.63) is 36.4 Å². The first-order chi connectivity index (χ1) is 11.1. The number of ether oxygens (including phenoxy) is 2. The van der Waals surface area contributed by atoms with Crippen LogP contribution in [-0.4, -0.2) is 12.9 Å². The predicted octanol–water partition coefficient (Wildman–Crippen LogP) is 5.92. The van der Waals surface area contributed by atoms with Crippen LogP contribution in [0.2, 0.25) is 0 Å². The van der Waals surface area contributed by atoms with Crippen LogP contribution in [0.3, 0.4) is 0 Å². The molecular weight excluding hydrogens is 296 g/mol. The highest BCUT2D eigenvalue weighted by Gasteiger charge is 2.51. The fourth-order valence-corrected chi connectivity index (χ4v) is 5.67. The van der Waals surface area contributed by atoms with Gasteiger partial charge in [-0.15, -0.1) is 0 Å². The summed E-state index contributed by atoms with van der Waals surface area (Å²) in [6.45, 7) is 6.67. The Hall–Kier alpha value is -1.28. The molecule has 1 atom stereocenters. The lowest BCUT2D eigenvalue weighted by atomic mass is 9.50. The van der Waals surface area contributed by atoms with E-state index in [2.05, 4.69) is 6.58 Å². The highest BCUT2D eigenvalue weighted by atomic mass is 16.7. The minimum absolute atomic E-state index is 0. The molecule has 4 saturated carbocycles. The Morgan fingerprint density at radius 3 is 2.12 bits per heavy atom. The van der Waals surface area contributed by atoms with Gasteiger partial charge in [-0.3, -0.25) is 0 Å². The SMILES string of the molecule is C.C=Cc1ccc(OC(C)OCC23CC4CC(CC(C4)C2)C3)cc1. The van der Waals surface area contributed by atoms with Crippen LogP contribution in [0, 0.1) is 23.2 Å². The van der Waals surface area contributed by atoms with Crippen LogP contribution in [0.25, 0.3) is 6.08 Å². The number of rotatable bonds is 6. The predicted molar refractivity (Wildman–Crippen MR) is 99.9 cm³/mol. The average Bonchev–Trinajstić information content (AvgIpc) is 2.53. The Labute approximate surface area is 147 Å². The van der Waals surface area contributed by atoms with Gasteiger partial charge in [-0.05, 0) is 86.3 Å². The van der Waals surface area contributed by atoms with Crippen molar-refractivity contribution in [2.24, 2.45) is 23.2 Å². The van der Waals surface area contributed by atoms with E-state index in [-0.39, 0.29) is 13.7 Å². The molecule has 0 heterocycles. The molecule has 1 unspecified atom stereocenters. The molecule has 1 aromatic carbocycles. The van der Waals surface area contributed by atoms with Crippen molar-refractivity contribution in [3.63, 3.8) is 0 Å². The van der Waals surface area contributed by atoms with E-state index in [1.165, 1.54) is 38.5 Å². The first-order valence-electron chi connectivity index (χ1n) is 9.15. The summed E-state index contributed by atoms with van der Waals surface area (Å²) in [5.41, 5.74) is 1.57. The van der Waals surface area contributed by atoms with Crippen molar-refractivity contribution in [1.82, 2.24) is 0 Å². The van der Waals surface area contributed by atoms with E-state index >= 15 is 0 Å². The van der Waals surface area contributed by atoms with Gasteiger partial charge in [0.2, 0.25) is 0 Å². The summed E-state index contributed by atoms with van der Waals surface area (Å²) in [5.74, 6) is 3.81. The lowest BCUT2D eigenvalue weighted by Gasteiger charge is -2.56. The second-order valence-corrected chi connectivity index (χ2v) is 8.19. The average molecular weight is 328 g/mol. The van der Waals surface area contributed by atoms with Crippen LogP contribution in [0.1, 0.15) is 58.4 Å². The summed E-state index contributed by atoms with van der Waals surface area (Å²) < 4.78 is 12.1. The molecule has 2 nitrogen and oxygen atoms in total. The molecule has 0 saturated heterocycles. The Morgan fingerprint density at radius 1 is 1.08 bits per heavy atom. The molecule has 0 aromatic heterocycles. The van der Waals surface area contributed by atoms with Gasteiger partial charge in [0.15, 0.2) is 6.29 Å². The molecule has 4 bridgehead atoms. The molecule has 0 radical (unpaired) electrons. The molecule has 0 N–H and O–H groups in total. The van der Waals surface area contributed by atoms with Crippen LogP contribution in [0.5, 0.6) is 5.75 Å². The second kappa shape index (κ2) is 6.92. The summed E-state index contributed by atoms with van der Waals surface area (Å²) in [4.78, 5) is 0. The van der Waals surface area contributed by atoms with Gasteiger partial charge in [0.25, 0.3) is 0 Å². The van der Waals surface area contributed by atoms with Crippen molar-refractivity contribution >= 4 is 6.08 Å². The molecule has 1 aromatic rings. The van der Waals surface area contributed by atoms with Gasteiger partial charge in [-0.25, -0.2) is 0 Å². The molecule has 4 fully saturated rings. The van der Waals surface area contributed by atoms with Gasteiger partial charge < -0.3 is 9.47 Å². The van der Waals surface area contributed by atoms with E-state index in [4.69, 9.17) is 9.47 Å². The monoisotopic (exact) mass is 328 g/mol. The van der Waals surface area contributed by atoms with Crippen LogP contribution in [-0.2, 0) is 4.74 Å². The number of benzene rings is 1. The first-order valence-corrected chi connectivity index (χ1v) is 9.15. The summed E-state index contributed by atoms with van der Waals surface area (Å²) >= 11 is 0. The molecule has 0 aliphatic heterocycles. The van der Waals surface area contributed by atoms with Gasteiger partial charge in [-0.1, -0.05) is 32.2 Å². The van der Waals surface area contributed by atoms with Crippen LogP contribution >= 0.6 is 0 Å². The molecule has 4 aliphatic carbocycles. The van der Waals surface area contributed by atoms with Crippen LogP contribution in [0.4, 0.5) is 0 Å². The van der Waals surface area contributed by atoms with Crippen LogP contribution in [0.15, 0.2) is 30.8 Å². The Bertz CT molecular complexity index is 525. The maximum absolute atomic E-state index is 6.14. The molecule has 0 spiro atoms. The molecule has 132 valence electrons. The summed E-state index contributed by atoms with van der Waals surface area (Å²) in [6.07, 6.45) is 10.3. The number of hydrogen-bond acceptors (Lipinski definition) is 2. The second-order valence-electron chi connectivity index (χ2n) is 8.19. The minimum atomic E-state index is -0.183. The fourth-order valence-electron chi connectivity index (χ4n) is 5.67. The fraction of sp³-hybridized carbons (Fsp3) is 0.636. The zero-order valence-electron chi connectivity index (χ0n) is 14.2. The van der Waals surface area contributed by atoms with Gasteiger partial charge in [0.1, 0.15) is 5.75 Å². The summed E-state index contributed by atoms with van der Waals surface area (Å²) in [6, 6.07) is 8.02. The van der Waals surface area contributed by atoms with Crippen LogP contribution < -0.4 is 4.74 Å². The molecule has 4 aliphatic rings. The third-order valence-electron chi connectivity index (χ3n) is 6.21. The lowest BCUT2D eigenvalue weighted by Crippen LogP contribution is -2.48. The van der Waals surface area contributed by atoms with Gasteiger partial charge in [0.05, 0.1) is 6.61 Å². The molecule has 0 amide bonds. The standard InChI is InChI=1S/C21H28O2.CH4/c1-3-16-4-6-20(7-5-16)23-15(2)22-14-21-11-17-8-18(12-21)10-19(9-17)13-21;/h3-7,15,17-19H,1,8-14H2,2H3;1H4. The van der Waals surface area contributed by atoms with Crippen molar-refractivity contribution in [1.29, 1.82) is 0 Å². The molecule has 2 heteroatoms. The third-order valence-corrected chi connectivity index (χ3v) is 6.21. The van der Waals surface area contributed by atoms with Gasteiger partial charge in [-0.2, -0.15) is 0 Å². The smallest absolute Gasteiger partial charge is 0.196 e.